The number of amides is 2. The van der Waals surface area contributed by atoms with Gasteiger partial charge in [-0.3, -0.25) is 9.59 Å². The van der Waals surface area contributed by atoms with E-state index >= 15 is 0 Å². The molecule has 0 radical (unpaired) electrons. The first-order valence-electron chi connectivity index (χ1n) is 12.8. The molecule has 1 aliphatic carbocycles. The van der Waals surface area contributed by atoms with Crippen LogP contribution in [0.3, 0.4) is 0 Å². The maximum Gasteiger partial charge on any atom is 0.250 e. The minimum atomic E-state index is -1.04. The number of hydrogen-bond acceptors (Lipinski definition) is 7. The van der Waals surface area contributed by atoms with E-state index in [1.165, 1.54) is 28.1 Å². The lowest BCUT2D eigenvalue weighted by atomic mass is 10.1. The van der Waals surface area contributed by atoms with Gasteiger partial charge in [0.05, 0.1) is 13.4 Å². The molecular weight excluding hydrogens is 503 g/mol. The number of hydrogen-bond donors (Lipinski definition) is 1. The van der Waals surface area contributed by atoms with Crippen molar-refractivity contribution in [3.05, 3.63) is 84.1 Å². The molecule has 0 bridgehead atoms. The Labute approximate surface area is 224 Å². The Bertz CT molecular complexity index is 1380. The Morgan fingerprint density at radius 1 is 1.13 bits per heavy atom. The molecule has 2 aromatic carbocycles. The summed E-state index contributed by atoms with van der Waals surface area (Å²) in [6, 6.07) is 15.3. The number of rotatable bonds is 10. The fraction of sp³-hybridized carbons (Fsp3) is 0.321. The van der Waals surface area contributed by atoms with Gasteiger partial charge in [0.1, 0.15) is 23.9 Å². The predicted octanol–water partition coefficient (Wildman–Crippen LogP) is 3.91. The van der Waals surface area contributed by atoms with Gasteiger partial charge in [-0.15, -0.1) is 10.2 Å². The van der Waals surface area contributed by atoms with Gasteiger partial charge in [0.25, 0.3) is 5.91 Å². The lowest BCUT2D eigenvalue weighted by Gasteiger charge is -2.30. The van der Waals surface area contributed by atoms with E-state index in [4.69, 9.17) is 9.15 Å². The molecule has 1 atom stereocenters. The third kappa shape index (κ3) is 6.31. The minimum Gasteiger partial charge on any atom is -0.497 e. The molecule has 4 aromatic rings. The van der Waals surface area contributed by atoms with Crippen molar-refractivity contribution in [1.82, 2.24) is 30.4 Å². The van der Waals surface area contributed by atoms with Gasteiger partial charge in [-0.05, 0) is 72.1 Å². The summed E-state index contributed by atoms with van der Waals surface area (Å²) in [5.74, 6) is 0.205. The number of ether oxygens (including phenoxy) is 1. The summed E-state index contributed by atoms with van der Waals surface area (Å²) in [6.07, 6.45) is 5.33. The van der Waals surface area contributed by atoms with E-state index in [2.05, 4.69) is 20.7 Å². The Kier molecular flexibility index (Phi) is 7.95. The second kappa shape index (κ2) is 11.9. The third-order valence-corrected chi connectivity index (χ3v) is 6.74. The Balaban J connectivity index is 1.42. The van der Waals surface area contributed by atoms with E-state index in [0.717, 1.165) is 25.7 Å². The molecule has 1 aliphatic rings. The Hall–Kier alpha value is -4.54. The van der Waals surface area contributed by atoms with E-state index in [1.807, 2.05) is 0 Å². The van der Waals surface area contributed by atoms with Crippen LogP contribution in [0.5, 0.6) is 5.75 Å². The zero-order chi connectivity index (χ0) is 27.2. The highest BCUT2D eigenvalue weighted by Crippen LogP contribution is 2.27. The average molecular weight is 533 g/mol. The number of benzene rings is 2. The van der Waals surface area contributed by atoms with Gasteiger partial charge in [0, 0.05) is 18.2 Å². The highest BCUT2D eigenvalue weighted by atomic mass is 19.1. The summed E-state index contributed by atoms with van der Waals surface area (Å²) in [6.45, 7) is -0.221. The first-order chi connectivity index (χ1) is 19.0. The van der Waals surface area contributed by atoms with Crippen LogP contribution < -0.4 is 10.1 Å². The maximum absolute atomic E-state index is 13.8. The van der Waals surface area contributed by atoms with Crippen LogP contribution in [0, 0.1) is 5.82 Å². The maximum atomic E-state index is 13.8. The van der Waals surface area contributed by atoms with Crippen molar-refractivity contribution in [2.45, 2.75) is 50.9 Å². The summed E-state index contributed by atoms with van der Waals surface area (Å²) >= 11 is 0. The summed E-state index contributed by atoms with van der Waals surface area (Å²) in [5.41, 5.74) is 1.36. The van der Waals surface area contributed by atoms with Crippen molar-refractivity contribution >= 4 is 11.8 Å². The van der Waals surface area contributed by atoms with Crippen LogP contribution in [0.2, 0.25) is 0 Å². The van der Waals surface area contributed by atoms with Crippen molar-refractivity contribution in [3.8, 4) is 17.1 Å². The number of halogens is 1. The molecule has 2 heterocycles. The van der Waals surface area contributed by atoms with Crippen molar-refractivity contribution < 1.29 is 23.1 Å². The molecule has 11 heteroatoms. The van der Waals surface area contributed by atoms with Crippen molar-refractivity contribution in [2.75, 3.05) is 7.11 Å². The van der Waals surface area contributed by atoms with Gasteiger partial charge < -0.3 is 19.4 Å². The SMILES string of the molecule is COc1ccc(-c2nnn(CC(=O)N(Cc3ccc(F)cc3)[C@@H](C(=O)NC3CCCC3)c3ccco3)n2)cc1. The first kappa shape index (κ1) is 26.1. The Morgan fingerprint density at radius 2 is 1.87 bits per heavy atom. The number of nitrogens with zero attached hydrogens (tertiary/aromatic N) is 5. The van der Waals surface area contributed by atoms with Crippen LogP contribution in [0.25, 0.3) is 11.4 Å². The normalized spacial score (nSPS) is 14.2. The molecule has 1 fully saturated rings. The van der Waals surface area contributed by atoms with Crippen LogP contribution in [0.1, 0.15) is 43.0 Å². The average Bonchev–Trinajstić information content (AvgIpc) is 3.74. The molecule has 5 rings (SSSR count). The molecule has 202 valence electrons. The lowest BCUT2D eigenvalue weighted by Crippen LogP contribution is -2.46. The monoisotopic (exact) mass is 532 g/mol. The number of carbonyl (C=O) groups excluding carboxylic acids is 2. The molecule has 0 saturated heterocycles. The molecule has 0 unspecified atom stereocenters. The van der Waals surface area contributed by atoms with Gasteiger partial charge in [-0.2, -0.15) is 4.80 Å². The lowest BCUT2D eigenvalue weighted by molar-refractivity contribution is -0.143. The smallest absolute Gasteiger partial charge is 0.250 e. The zero-order valence-corrected chi connectivity index (χ0v) is 21.5. The summed E-state index contributed by atoms with van der Waals surface area (Å²) in [5, 5.41) is 15.6. The number of aromatic nitrogens is 4. The topological polar surface area (TPSA) is 115 Å². The quantitative estimate of drug-likeness (QED) is 0.329. The molecule has 2 aromatic heterocycles. The standard InChI is InChI=1S/C28H29FN6O4/c1-38-23-14-10-20(11-15-23)27-31-33-35(32-27)18-25(36)34(17-19-8-12-21(29)13-9-19)26(24-7-4-16-39-24)28(37)30-22-5-2-3-6-22/h4,7-16,22,26H,2-3,5-6,17-18H2,1H3,(H,30,37)/t26-/m1/s1. The van der Waals surface area contributed by atoms with E-state index in [-0.39, 0.29) is 25.0 Å². The number of tetrazole rings is 1. The molecule has 1 N–H and O–H groups in total. The highest BCUT2D eigenvalue weighted by molar-refractivity contribution is 5.88. The van der Waals surface area contributed by atoms with Crippen molar-refractivity contribution in [3.63, 3.8) is 0 Å². The van der Waals surface area contributed by atoms with Crippen LogP contribution in [0.15, 0.2) is 71.3 Å². The second-order valence-corrected chi connectivity index (χ2v) is 9.43. The highest BCUT2D eigenvalue weighted by Gasteiger charge is 2.35. The van der Waals surface area contributed by atoms with E-state index < -0.39 is 17.8 Å². The van der Waals surface area contributed by atoms with Gasteiger partial charge in [-0.25, -0.2) is 4.39 Å². The third-order valence-electron chi connectivity index (χ3n) is 6.74. The largest absolute Gasteiger partial charge is 0.497 e. The Morgan fingerprint density at radius 3 is 2.54 bits per heavy atom. The van der Waals surface area contributed by atoms with Gasteiger partial charge in [0.15, 0.2) is 6.04 Å². The van der Waals surface area contributed by atoms with E-state index in [0.29, 0.717) is 28.5 Å². The molecule has 0 aliphatic heterocycles. The van der Waals surface area contributed by atoms with Crippen LogP contribution >= 0.6 is 0 Å². The van der Waals surface area contributed by atoms with Gasteiger partial charge in [-0.1, -0.05) is 25.0 Å². The fourth-order valence-corrected chi connectivity index (χ4v) is 4.71. The van der Waals surface area contributed by atoms with Crippen LogP contribution in [0.4, 0.5) is 4.39 Å². The van der Waals surface area contributed by atoms with Gasteiger partial charge in [0.2, 0.25) is 11.7 Å². The summed E-state index contributed by atoms with van der Waals surface area (Å²) in [7, 11) is 1.58. The van der Waals surface area contributed by atoms with Crippen molar-refractivity contribution in [2.24, 2.45) is 0 Å². The molecule has 2 amide bonds. The molecule has 0 spiro atoms. The second-order valence-electron chi connectivity index (χ2n) is 9.43. The molecule has 39 heavy (non-hydrogen) atoms. The van der Waals surface area contributed by atoms with Gasteiger partial charge >= 0.3 is 0 Å². The predicted molar refractivity (Wildman–Crippen MR) is 139 cm³/mol. The number of nitrogens with one attached hydrogen (secondary N) is 1. The zero-order valence-electron chi connectivity index (χ0n) is 21.5. The van der Waals surface area contributed by atoms with E-state index in [1.54, 1.807) is 55.6 Å². The molecule has 10 nitrogen and oxygen atoms in total. The van der Waals surface area contributed by atoms with E-state index in [9.17, 15) is 14.0 Å². The molecular formula is C28H29FN6O4. The number of furan rings is 1. The summed E-state index contributed by atoms with van der Waals surface area (Å²) in [4.78, 5) is 30.0. The first-order valence-corrected chi connectivity index (χ1v) is 12.8. The molecule has 1 saturated carbocycles. The van der Waals surface area contributed by atoms with Crippen LogP contribution in [-0.4, -0.2) is 50.1 Å². The van der Waals surface area contributed by atoms with Crippen LogP contribution in [-0.2, 0) is 22.7 Å². The number of methoxy groups -OCH3 is 1. The van der Waals surface area contributed by atoms with Crippen molar-refractivity contribution in [1.29, 1.82) is 0 Å². The fourth-order valence-electron chi connectivity index (χ4n) is 4.71. The minimum absolute atomic E-state index is 0.0433. The number of carbonyl (C=O) groups is 2. The summed E-state index contributed by atoms with van der Waals surface area (Å²) < 4.78 is 24.4.